The molecule has 2 heterocycles. The highest BCUT2D eigenvalue weighted by molar-refractivity contribution is 6.40. The van der Waals surface area contributed by atoms with E-state index in [4.69, 9.17) is 55.6 Å². The molecule has 0 atom stereocenters. The van der Waals surface area contributed by atoms with Crippen molar-refractivity contribution in [2.24, 2.45) is 0 Å². The van der Waals surface area contributed by atoms with E-state index in [-0.39, 0.29) is 18.3 Å². The third-order valence-corrected chi connectivity index (χ3v) is 5.09. The Bertz CT molecular complexity index is 974. The molecule has 0 bridgehead atoms. The Morgan fingerprint density at radius 1 is 1.17 bits per heavy atom. The smallest absolute Gasteiger partial charge is 0.286 e. The van der Waals surface area contributed by atoms with Crippen LogP contribution >= 0.6 is 46.4 Å². The van der Waals surface area contributed by atoms with Crippen LogP contribution in [0.5, 0.6) is 5.75 Å². The van der Waals surface area contributed by atoms with Gasteiger partial charge in [0, 0.05) is 24.3 Å². The van der Waals surface area contributed by atoms with Gasteiger partial charge < -0.3 is 14.5 Å². The van der Waals surface area contributed by atoms with Crippen LogP contribution < -0.4 is 10.1 Å². The zero-order valence-electron chi connectivity index (χ0n) is 15.3. The molecule has 1 aromatic carbocycles. The number of nitrogens with one attached hydrogen (secondary N) is 1. The Kier molecular flexibility index (Phi) is 7.35. The monoisotopic (exact) mass is 475 g/mol. The highest BCUT2D eigenvalue weighted by atomic mass is 35.5. The van der Waals surface area contributed by atoms with E-state index in [0.29, 0.717) is 51.1 Å². The number of hydrogen-bond acceptors (Lipinski definition) is 4. The van der Waals surface area contributed by atoms with Crippen molar-refractivity contribution in [1.82, 2.24) is 15.1 Å². The largest absolute Gasteiger partial charge is 0.483 e. The fourth-order valence-corrected chi connectivity index (χ4v) is 3.60. The lowest BCUT2D eigenvalue weighted by molar-refractivity contribution is 0.0920. The maximum Gasteiger partial charge on any atom is 0.286 e. The zero-order valence-corrected chi connectivity index (χ0v) is 18.4. The average molecular weight is 477 g/mol. The van der Waals surface area contributed by atoms with Crippen molar-refractivity contribution in [3.63, 3.8) is 0 Å². The summed E-state index contributed by atoms with van der Waals surface area (Å²) in [5.74, 6) is 0.636. The molecule has 29 heavy (non-hydrogen) atoms. The first-order valence-corrected chi connectivity index (χ1v) is 10.2. The molecule has 10 heteroatoms. The van der Waals surface area contributed by atoms with Crippen molar-refractivity contribution in [2.75, 3.05) is 6.54 Å². The number of nitrogens with zero attached hydrogens (tertiary/aromatic N) is 2. The molecule has 2 aromatic heterocycles. The summed E-state index contributed by atoms with van der Waals surface area (Å²) in [6, 6.07) is 6.30. The molecule has 0 aliphatic rings. The van der Waals surface area contributed by atoms with Crippen LogP contribution in [-0.2, 0) is 13.2 Å². The van der Waals surface area contributed by atoms with Gasteiger partial charge in [-0.1, -0.05) is 46.4 Å². The van der Waals surface area contributed by atoms with Crippen molar-refractivity contribution in [1.29, 1.82) is 0 Å². The topological polar surface area (TPSA) is 69.3 Å². The number of benzene rings is 1. The predicted octanol–water partition coefficient (Wildman–Crippen LogP) is 5.80. The first-order valence-electron chi connectivity index (χ1n) is 8.67. The van der Waals surface area contributed by atoms with Crippen molar-refractivity contribution >= 4 is 52.3 Å². The summed E-state index contributed by atoms with van der Waals surface area (Å²) in [6.07, 6.45) is 2.46. The van der Waals surface area contributed by atoms with Crippen LogP contribution in [0.1, 0.15) is 28.4 Å². The van der Waals surface area contributed by atoms with Gasteiger partial charge in [-0.05, 0) is 37.6 Å². The second-order valence-corrected chi connectivity index (χ2v) is 7.85. The molecule has 0 spiro atoms. The minimum Gasteiger partial charge on any atom is -0.483 e. The molecule has 1 amide bonds. The number of aromatic nitrogens is 2. The van der Waals surface area contributed by atoms with E-state index in [1.54, 1.807) is 23.0 Å². The van der Waals surface area contributed by atoms with Crippen LogP contribution in [0.2, 0.25) is 20.1 Å². The number of aryl methyl sites for hydroxylation is 2. The second kappa shape index (κ2) is 9.76. The second-order valence-electron chi connectivity index (χ2n) is 6.19. The molecule has 0 saturated heterocycles. The maximum atomic E-state index is 12.2. The molecular formula is C19H17Cl4N3O3. The van der Waals surface area contributed by atoms with Crippen molar-refractivity contribution < 1.29 is 13.9 Å². The van der Waals surface area contributed by atoms with E-state index >= 15 is 0 Å². The van der Waals surface area contributed by atoms with E-state index in [1.807, 2.05) is 6.92 Å². The van der Waals surface area contributed by atoms with Gasteiger partial charge in [0.2, 0.25) is 0 Å². The Labute approximate surface area is 187 Å². The van der Waals surface area contributed by atoms with E-state index in [2.05, 4.69) is 10.4 Å². The number of ether oxygens (including phenoxy) is 1. The van der Waals surface area contributed by atoms with Gasteiger partial charge >= 0.3 is 0 Å². The Balaban J connectivity index is 1.47. The van der Waals surface area contributed by atoms with Crippen LogP contribution in [0.4, 0.5) is 0 Å². The third kappa shape index (κ3) is 5.82. The zero-order chi connectivity index (χ0) is 21.0. The van der Waals surface area contributed by atoms with Crippen molar-refractivity contribution in [3.8, 4) is 5.75 Å². The lowest BCUT2D eigenvalue weighted by Gasteiger charge is -2.09. The van der Waals surface area contributed by atoms with Crippen LogP contribution in [0.15, 0.2) is 34.9 Å². The number of halogens is 4. The van der Waals surface area contributed by atoms with Gasteiger partial charge in [0.1, 0.15) is 12.4 Å². The number of carbonyl (C=O) groups excluding carboxylic acids is 1. The molecule has 3 rings (SSSR count). The normalized spacial score (nSPS) is 10.9. The summed E-state index contributed by atoms with van der Waals surface area (Å²) in [7, 11) is 0. The molecule has 0 radical (unpaired) electrons. The van der Waals surface area contributed by atoms with Gasteiger partial charge in [-0.25, -0.2) is 0 Å². The summed E-state index contributed by atoms with van der Waals surface area (Å²) in [5.41, 5.74) is 0.780. The lowest BCUT2D eigenvalue weighted by atomic mass is 10.3. The van der Waals surface area contributed by atoms with Crippen molar-refractivity contribution in [3.05, 3.63) is 67.8 Å². The first kappa shape index (κ1) is 21.8. The quantitative estimate of drug-likeness (QED) is 0.417. The van der Waals surface area contributed by atoms with Crippen LogP contribution in [0.3, 0.4) is 0 Å². The molecule has 6 nitrogen and oxygen atoms in total. The number of rotatable bonds is 8. The summed E-state index contributed by atoms with van der Waals surface area (Å²) >= 11 is 24.0. The molecule has 0 fully saturated rings. The third-order valence-electron chi connectivity index (χ3n) is 3.94. The summed E-state index contributed by atoms with van der Waals surface area (Å²) in [4.78, 5) is 12.2. The molecule has 0 unspecified atom stereocenters. The van der Waals surface area contributed by atoms with E-state index in [0.717, 1.165) is 5.69 Å². The Morgan fingerprint density at radius 2 is 1.90 bits per heavy atom. The highest BCUT2D eigenvalue weighted by Crippen LogP contribution is 2.36. The summed E-state index contributed by atoms with van der Waals surface area (Å²) in [6.45, 7) is 3.02. The van der Waals surface area contributed by atoms with Gasteiger partial charge in [-0.15, -0.1) is 0 Å². The fourth-order valence-electron chi connectivity index (χ4n) is 2.53. The van der Waals surface area contributed by atoms with Gasteiger partial charge in [0.25, 0.3) is 5.91 Å². The molecular weight excluding hydrogens is 460 g/mol. The standard InChI is InChI=1S/C19H17Cl4N3O3/c1-11-16(23)9-26(25-11)6-2-5-24-19(27)17-4-3-13(29-17)10-28-18-14(21)7-12(20)8-15(18)22/h3-4,7-9H,2,5-6,10H2,1H3,(H,24,27). The van der Waals surface area contributed by atoms with Crippen LogP contribution in [0, 0.1) is 6.92 Å². The van der Waals surface area contributed by atoms with E-state index in [9.17, 15) is 4.79 Å². The number of carbonyl (C=O) groups is 1. The molecule has 0 saturated carbocycles. The minimum atomic E-state index is -0.312. The molecule has 0 aliphatic carbocycles. The number of amides is 1. The summed E-state index contributed by atoms with van der Waals surface area (Å²) < 4.78 is 12.9. The van der Waals surface area contributed by atoms with E-state index in [1.165, 1.54) is 12.1 Å². The van der Waals surface area contributed by atoms with Gasteiger partial charge in [-0.2, -0.15) is 5.10 Å². The fraction of sp³-hybridized carbons (Fsp3) is 0.263. The Morgan fingerprint density at radius 3 is 2.55 bits per heavy atom. The van der Waals surface area contributed by atoms with Gasteiger partial charge in [0.05, 0.1) is 20.8 Å². The van der Waals surface area contributed by atoms with Crippen LogP contribution in [-0.4, -0.2) is 22.2 Å². The first-order chi connectivity index (χ1) is 13.8. The minimum absolute atomic E-state index is 0.0633. The van der Waals surface area contributed by atoms with Crippen LogP contribution in [0.25, 0.3) is 0 Å². The Hall–Kier alpha value is -1.86. The molecule has 154 valence electrons. The SMILES string of the molecule is Cc1nn(CCCNC(=O)c2ccc(COc3c(Cl)cc(Cl)cc3Cl)o2)cc1Cl. The number of hydrogen-bond donors (Lipinski definition) is 1. The average Bonchev–Trinajstić information content (AvgIpc) is 3.24. The predicted molar refractivity (Wildman–Crippen MR) is 113 cm³/mol. The molecule has 0 aliphatic heterocycles. The molecule has 1 N–H and O–H groups in total. The van der Waals surface area contributed by atoms with E-state index < -0.39 is 0 Å². The summed E-state index contributed by atoms with van der Waals surface area (Å²) in [5, 5.41) is 8.68. The van der Waals surface area contributed by atoms with Gasteiger partial charge in [-0.3, -0.25) is 9.48 Å². The number of furan rings is 1. The molecule has 3 aromatic rings. The van der Waals surface area contributed by atoms with Gasteiger partial charge in [0.15, 0.2) is 11.5 Å². The maximum absolute atomic E-state index is 12.2. The lowest BCUT2D eigenvalue weighted by Crippen LogP contribution is -2.24. The van der Waals surface area contributed by atoms with Crippen molar-refractivity contribution in [2.45, 2.75) is 26.5 Å². The highest BCUT2D eigenvalue weighted by Gasteiger charge is 2.13.